The zero-order valence-corrected chi connectivity index (χ0v) is 28.5. The molecular formula is C43H32F6N2. The first-order valence-corrected chi connectivity index (χ1v) is 16.6. The summed E-state index contributed by atoms with van der Waals surface area (Å²) in [6.07, 6.45) is -9.89. The number of nitrogens with zero attached hydrogens (tertiary/aromatic N) is 2. The van der Waals surface area contributed by atoms with E-state index in [4.69, 9.17) is 0 Å². The molecule has 0 atom stereocenters. The zero-order chi connectivity index (χ0) is 36.1. The van der Waals surface area contributed by atoms with Crippen LogP contribution in [-0.2, 0) is 12.4 Å². The van der Waals surface area contributed by atoms with Crippen LogP contribution in [0.4, 0.5) is 26.3 Å². The molecule has 0 aliphatic heterocycles. The summed E-state index contributed by atoms with van der Waals surface area (Å²) in [6.45, 7) is 9.14. The summed E-state index contributed by atoms with van der Waals surface area (Å²) in [5.41, 5.74) is 3.85. The largest absolute Gasteiger partial charge is 0.417 e. The van der Waals surface area contributed by atoms with Crippen LogP contribution in [0.5, 0.6) is 0 Å². The van der Waals surface area contributed by atoms with Crippen LogP contribution in [0.3, 0.4) is 0 Å². The van der Waals surface area contributed by atoms with E-state index in [2.05, 4.69) is 0 Å². The molecule has 0 aliphatic rings. The fraction of sp³-hybridized carbons (Fsp3) is 0.163. The van der Waals surface area contributed by atoms with Crippen molar-refractivity contribution in [1.29, 1.82) is 0 Å². The first-order valence-electron chi connectivity index (χ1n) is 16.6. The Bertz CT molecular complexity index is 2600. The van der Waals surface area contributed by atoms with Crippen molar-refractivity contribution in [1.82, 2.24) is 9.13 Å². The average Bonchev–Trinajstić information content (AvgIpc) is 3.53. The minimum Gasteiger partial charge on any atom is -0.307 e. The predicted molar refractivity (Wildman–Crippen MR) is 194 cm³/mol. The third-order valence-electron chi connectivity index (χ3n) is 9.91. The van der Waals surface area contributed by atoms with Gasteiger partial charge in [0.15, 0.2) is 0 Å². The molecule has 0 radical (unpaired) electrons. The lowest BCUT2D eigenvalue weighted by Crippen LogP contribution is -2.15. The minimum atomic E-state index is -4.99. The molecule has 2 aromatic heterocycles. The van der Waals surface area contributed by atoms with Gasteiger partial charge in [-0.3, -0.25) is 0 Å². The maximum absolute atomic E-state index is 15.5. The van der Waals surface area contributed by atoms with Gasteiger partial charge in [-0.1, -0.05) is 60.7 Å². The number of halogens is 6. The summed E-state index contributed by atoms with van der Waals surface area (Å²) in [5, 5.41) is 3.46. The van der Waals surface area contributed by atoms with E-state index in [-0.39, 0.29) is 11.3 Å². The lowest BCUT2D eigenvalue weighted by molar-refractivity contribution is -0.139. The van der Waals surface area contributed by atoms with Gasteiger partial charge in [0.05, 0.1) is 44.6 Å². The van der Waals surface area contributed by atoms with E-state index >= 15 is 13.2 Å². The summed E-state index contributed by atoms with van der Waals surface area (Å²) >= 11 is 0. The molecule has 0 aliphatic carbocycles. The van der Waals surface area contributed by atoms with Crippen molar-refractivity contribution < 1.29 is 26.3 Å². The Morgan fingerprint density at radius 1 is 0.412 bits per heavy atom. The van der Waals surface area contributed by atoms with Gasteiger partial charge in [-0.25, -0.2) is 0 Å². The Morgan fingerprint density at radius 3 is 1.16 bits per heavy atom. The van der Waals surface area contributed by atoms with Crippen molar-refractivity contribution in [2.45, 2.75) is 47.0 Å². The Morgan fingerprint density at radius 2 is 0.784 bits per heavy atom. The molecule has 0 saturated carbocycles. The van der Waals surface area contributed by atoms with Crippen molar-refractivity contribution in [3.8, 4) is 22.5 Å². The Labute approximate surface area is 290 Å². The number of aryl methyl sites for hydroxylation is 5. The molecule has 0 amide bonds. The molecule has 0 N–H and O–H groups in total. The van der Waals surface area contributed by atoms with Gasteiger partial charge in [0, 0.05) is 21.5 Å². The van der Waals surface area contributed by atoms with Gasteiger partial charge in [0.2, 0.25) is 0 Å². The second-order valence-corrected chi connectivity index (χ2v) is 13.6. The monoisotopic (exact) mass is 690 g/mol. The molecule has 0 unspecified atom stereocenters. The molecule has 6 aromatic carbocycles. The molecule has 2 heterocycles. The van der Waals surface area contributed by atoms with E-state index in [0.29, 0.717) is 16.7 Å². The lowest BCUT2D eigenvalue weighted by atomic mass is 9.90. The predicted octanol–water partition coefficient (Wildman–Crippen LogP) is 13.1. The molecule has 8 rings (SSSR count). The van der Waals surface area contributed by atoms with E-state index in [9.17, 15) is 13.2 Å². The molecule has 0 bridgehead atoms. The number of alkyl halides is 6. The maximum atomic E-state index is 15.5. The number of rotatable bonds is 3. The molecular weight excluding hydrogens is 658 g/mol. The van der Waals surface area contributed by atoms with Crippen LogP contribution < -0.4 is 0 Å². The highest BCUT2D eigenvalue weighted by atomic mass is 19.4. The Hall–Kier alpha value is -5.50. The quantitative estimate of drug-likeness (QED) is 0.163. The van der Waals surface area contributed by atoms with Crippen molar-refractivity contribution in [2.24, 2.45) is 0 Å². The highest BCUT2D eigenvalue weighted by molar-refractivity contribution is 6.12. The van der Waals surface area contributed by atoms with Crippen LogP contribution in [0.1, 0.15) is 38.9 Å². The third-order valence-corrected chi connectivity index (χ3v) is 9.91. The molecule has 51 heavy (non-hydrogen) atoms. The van der Waals surface area contributed by atoms with Crippen LogP contribution in [-0.4, -0.2) is 9.13 Å². The van der Waals surface area contributed by atoms with Crippen molar-refractivity contribution in [2.75, 3.05) is 0 Å². The van der Waals surface area contributed by atoms with Crippen LogP contribution >= 0.6 is 0 Å². The van der Waals surface area contributed by atoms with Gasteiger partial charge < -0.3 is 9.13 Å². The van der Waals surface area contributed by atoms with E-state index in [1.165, 1.54) is 25.1 Å². The zero-order valence-electron chi connectivity index (χ0n) is 28.5. The number of benzene rings is 6. The maximum Gasteiger partial charge on any atom is 0.417 e. The second-order valence-electron chi connectivity index (χ2n) is 13.6. The molecule has 0 saturated heterocycles. The SMILES string of the molecule is Cc1ccc2c3ccc(C)cc3n(-c3cc(-c4c(C)cccc4C(F)(F)F)c(C(F)(F)F)cc3-n3c4cc(C)ccc4c4ccc(C)cc43)c2c1. The van der Waals surface area contributed by atoms with Gasteiger partial charge >= 0.3 is 12.4 Å². The summed E-state index contributed by atoms with van der Waals surface area (Å²) in [4.78, 5) is 0. The fourth-order valence-electron chi connectivity index (χ4n) is 7.63. The summed E-state index contributed by atoms with van der Waals surface area (Å²) in [7, 11) is 0. The van der Waals surface area contributed by atoms with Gasteiger partial charge in [-0.05, 0) is 116 Å². The summed E-state index contributed by atoms with van der Waals surface area (Å²) in [5.74, 6) is 0. The fourth-order valence-corrected chi connectivity index (χ4v) is 7.63. The molecule has 8 heteroatoms. The molecule has 8 aromatic rings. The Balaban J connectivity index is 1.65. The van der Waals surface area contributed by atoms with Gasteiger partial charge in [0.1, 0.15) is 0 Å². The second kappa shape index (κ2) is 11.3. The molecule has 0 fully saturated rings. The molecule has 0 spiro atoms. The van der Waals surface area contributed by atoms with Crippen molar-refractivity contribution in [3.63, 3.8) is 0 Å². The van der Waals surface area contributed by atoms with Crippen LogP contribution in [0, 0.1) is 34.6 Å². The molecule has 2 nitrogen and oxygen atoms in total. The van der Waals surface area contributed by atoms with Crippen LogP contribution in [0.25, 0.3) is 66.1 Å². The summed E-state index contributed by atoms with van der Waals surface area (Å²) in [6, 6.07) is 29.5. The third kappa shape index (κ3) is 5.19. The van der Waals surface area contributed by atoms with Crippen molar-refractivity contribution in [3.05, 3.63) is 142 Å². The number of aromatic nitrogens is 2. The van der Waals surface area contributed by atoms with Crippen molar-refractivity contribution >= 4 is 43.6 Å². The number of fused-ring (bicyclic) bond motifs is 6. The number of hydrogen-bond donors (Lipinski definition) is 0. The van der Waals surface area contributed by atoms with E-state index in [1.54, 1.807) is 0 Å². The van der Waals surface area contributed by atoms with Gasteiger partial charge in [-0.15, -0.1) is 0 Å². The first kappa shape index (κ1) is 32.7. The lowest BCUT2D eigenvalue weighted by Gasteiger charge is -2.24. The van der Waals surface area contributed by atoms with Gasteiger partial charge in [-0.2, -0.15) is 26.3 Å². The summed E-state index contributed by atoms with van der Waals surface area (Å²) < 4.78 is 94.1. The standard InChI is InChI=1S/C43H32F6N2/c1-23-9-13-28-29-14-10-24(2)18-36(29)50(35(28)17-23)39-21-32(41-27(5)7-6-8-33(41)42(44,45)46)34(43(47,48)49)22-40(39)51-37-19-25(3)11-15-30(37)31-16-12-26(4)20-38(31)51/h6-22H,1-5H3. The van der Waals surface area contributed by atoms with Gasteiger partial charge in [0.25, 0.3) is 0 Å². The van der Waals surface area contributed by atoms with Crippen LogP contribution in [0.15, 0.2) is 103 Å². The normalized spacial score (nSPS) is 12.6. The minimum absolute atomic E-state index is 0.0889. The van der Waals surface area contributed by atoms with Crippen LogP contribution in [0.2, 0.25) is 0 Å². The topological polar surface area (TPSA) is 9.86 Å². The average molecular weight is 691 g/mol. The molecule has 256 valence electrons. The van der Waals surface area contributed by atoms with E-state index in [1.807, 2.05) is 110 Å². The Kier molecular flexibility index (Phi) is 7.21. The smallest absolute Gasteiger partial charge is 0.307 e. The van der Waals surface area contributed by atoms with E-state index < -0.39 is 34.6 Å². The highest BCUT2D eigenvalue weighted by Gasteiger charge is 2.40. The highest BCUT2D eigenvalue weighted by Crippen LogP contribution is 2.48. The first-order chi connectivity index (χ1) is 24.1. The number of hydrogen-bond acceptors (Lipinski definition) is 0. The van der Waals surface area contributed by atoms with E-state index in [0.717, 1.165) is 67.0 Å².